The Labute approximate surface area is 153 Å². The molecule has 7 heteroatoms. The Balaban J connectivity index is 2.24. The van der Waals surface area contributed by atoms with E-state index in [2.05, 4.69) is 31.5 Å². The van der Waals surface area contributed by atoms with Crippen LogP contribution in [0.4, 0.5) is 5.69 Å². The van der Waals surface area contributed by atoms with Crippen LogP contribution in [0.15, 0.2) is 27.6 Å². The first-order valence-electron chi connectivity index (χ1n) is 7.54. The molecule has 0 aliphatic heterocycles. The third-order valence-electron chi connectivity index (χ3n) is 3.63. The molecule has 0 radical (unpaired) electrons. The number of rotatable bonds is 5. The lowest BCUT2D eigenvalue weighted by Gasteiger charge is -2.14. The molecule has 0 saturated heterocycles. The zero-order valence-corrected chi connectivity index (χ0v) is 16.1. The standard InChI is InChI=1S/C17H19BrClN3O2/c1-4-20-14-7-11(19)6-12(10(14)3)17(24)21-8-13-15(23)5-9(2)22-16(13)18/h5-7,20H,4,8H2,1-3H3,(H,21,24)(H,22,23). The van der Waals surface area contributed by atoms with Gasteiger partial charge in [-0.1, -0.05) is 11.6 Å². The van der Waals surface area contributed by atoms with E-state index in [-0.39, 0.29) is 17.9 Å². The highest BCUT2D eigenvalue weighted by Gasteiger charge is 2.15. The molecule has 1 heterocycles. The number of hydrogen-bond donors (Lipinski definition) is 3. The van der Waals surface area contributed by atoms with Crippen molar-refractivity contribution in [3.63, 3.8) is 0 Å². The summed E-state index contributed by atoms with van der Waals surface area (Å²) in [6.07, 6.45) is 0. The molecule has 128 valence electrons. The van der Waals surface area contributed by atoms with Crippen molar-refractivity contribution in [1.82, 2.24) is 10.3 Å². The van der Waals surface area contributed by atoms with Crippen LogP contribution in [-0.2, 0) is 6.54 Å². The molecule has 2 aromatic rings. The van der Waals surface area contributed by atoms with Crippen LogP contribution in [0.1, 0.15) is 34.1 Å². The molecule has 3 N–H and O–H groups in total. The van der Waals surface area contributed by atoms with E-state index in [1.807, 2.05) is 13.8 Å². The number of aryl methyl sites for hydroxylation is 1. The van der Waals surface area contributed by atoms with Crippen LogP contribution < -0.4 is 16.1 Å². The SMILES string of the molecule is CCNc1cc(Cl)cc(C(=O)NCc2c(Br)[nH]c(C)cc2=O)c1C. The van der Waals surface area contributed by atoms with Crippen LogP contribution in [0.25, 0.3) is 0 Å². The van der Waals surface area contributed by atoms with Gasteiger partial charge < -0.3 is 15.6 Å². The number of nitrogens with one attached hydrogen (secondary N) is 3. The highest BCUT2D eigenvalue weighted by molar-refractivity contribution is 9.10. The van der Waals surface area contributed by atoms with Gasteiger partial charge in [0.15, 0.2) is 5.43 Å². The van der Waals surface area contributed by atoms with E-state index in [1.165, 1.54) is 6.07 Å². The number of hydrogen-bond acceptors (Lipinski definition) is 3. The van der Waals surface area contributed by atoms with Gasteiger partial charge in [-0.3, -0.25) is 9.59 Å². The van der Waals surface area contributed by atoms with Crippen molar-refractivity contribution >= 4 is 39.1 Å². The molecule has 0 saturated carbocycles. The predicted molar refractivity (Wildman–Crippen MR) is 101 cm³/mol. The largest absolute Gasteiger partial charge is 0.385 e. The van der Waals surface area contributed by atoms with E-state index in [0.29, 0.717) is 20.8 Å². The van der Waals surface area contributed by atoms with Gasteiger partial charge in [0, 0.05) is 46.7 Å². The van der Waals surface area contributed by atoms with Crippen LogP contribution in [0, 0.1) is 13.8 Å². The van der Waals surface area contributed by atoms with Gasteiger partial charge in [0.1, 0.15) is 0 Å². The van der Waals surface area contributed by atoms with Gasteiger partial charge in [0.05, 0.1) is 4.60 Å². The van der Waals surface area contributed by atoms with E-state index in [9.17, 15) is 9.59 Å². The highest BCUT2D eigenvalue weighted by Crippen LogP contribution is 2.25. The van der Waals surface area contributed by atoms with Crippen LogP contribution in [-0.4, -0.2) is 17.4 Å². The summed E-state index contributed by atoms with van der Waals surface area (Å²) in [5, 5.41) is 6.44. The normalized spacial score (nSPS) is 10.5. The first kappa shape index (κ1) is 18.5. The highest BCUT2D eigenvalue weighted by atomic mass is 79.9. The zero-order valence-electron chi connectivity index (χ0n) is 13.7. The Hall–Kier alpha value is -1.79. The van der Waals surface area contributed by atoms with Crippen LogP contribution in [0.3, 0.4) is 0 Å². The number of aromatic amines is 1. The van der Waals surface area contributed by atoms with Gasteiger partial charge in [0.2, 0.25) is 0 Å². The number of carbonyl (C=O) groups is 1. The fourth-order valence-electron chi connectivity index (χ4n) is 2.39. The minimum absolute atomic E-state index is 0.123. The van der Waals surface area contributed by atoms with E-state index >= 15 is 0 Å². The summed E-state index contributed by atoms with van der Waals surface area (Å²) < 4.78 is 0.573. The van der Waals surface area contributed by atoms with Crippen molar-refractivity contribution in [3.8, 4) is 0 Å². The van der Waals surface area contributed by atoms with Gasteiger partial charge in [-0.2, -0.15) is 0 Å². The van der Waals surface area contributed by atoms with Gasteiger partial charge in [-0.05, 0) is 54.4 Å². The summed E-state index contributed by atoms with van der Waals surface area (Å²) in [5.41, 5.74) is 3.22. The molecule has 0 aliphatic rings. The molecule has 0 aliphatic carbocycles. The molecular formula is C17H19BrClN3O2. The number of amides is 1. The first-order valence-corrected chi connectivity index (χ1v) is 8.71. The molecule has 1 aromatic heterocycles. The van der Waals surface area contributed by atoms with E-state index in [1.54, 1.807) is 19.1 Å². The molecular weight excluding hydrogens is 394 g/mol. The van der Waals surface area contributed by atoms with Crippen LogP contribution in [0.5, 0.6) is 0 Å². The van der Waals surface area contributed by atoms with E-state index < -0.39 is 0 Å². The lowest BCUT2D eigenvalue weighted by Crippen LogP contribution is -2.27. The van der Waals surface area contributed by atoms with E-state index in [0.717, 1.165) is 23.5 Å². The summed E-state index contributed by atoms with van der Waals surface area (Å²) in [4.78, 5) is 27.6. The molecule has 1 aromatic carbocycles. The minimum Gasteiger partial charge on any atom is -0.385 e. The summed E-state index contributed by atoms with van der Waals surface area (Å²) >= 11 is 9.43. The number of benzene rings is 1. The second-order valence-electron chi connectivity index (χ2n) is 5.45. The second kappa shape index (κ2) is 7.85. The van der Waals surface area contributed by atoms with Crippen LogP contribution >= 0.6 is 27.5 Å². The average molecular weight is 413 g/mol. The molecule has 1 amide bonds. The topological polar surface area (TPSA) is 74.0 Å². The van der Waals surface area contributed by atoms with Crippen molar-refractivity contribution in [2.75, 3.05) is 11.9 Å². The number of aromatic nitrogens is 1. The van der Waals surface area contributed by atoms with Gasteiger partial charge in [-0.15, -0.1) is 0 Å². The van der Waals surface area contributed by atoms with Crippen molar-refractivity contribution in [1.29, 1.82) is 0 Å². The maximum Gasteiger partial charge on any atom is 0.251 e. The third kappa shape index (κ3) is 4.19. The van der Waals surface area contributed by atoms with Crippen molar-refractivity contribution in [3.05, 3.63) is 60.4 Å². The molecule has 0 spiro atoms. The van der Waals surface area contributed by atoms with Gasteiger partial charge >= 0.3 is 0 Å². The van der Waals surface area contributed by atoms with Gasteiger partial charge in [0.25, 0.3) is 5.91 Å². The van der Waals surface area contributed by atoms with Crippen molar-refractivity contribution in [2.24, 2.45) is 0 Å². The lowest BCUT2D eigenvalue weighted by molar-refractivity contribution is 0.0950. The Morgan fingerprint density at radius 3 is 2.62 bits per heavy atom. The number of H-pyrrole nitrogens is 1. The quantitative estimate of drug-likeness (QED) is 0.655. The summed E-state index contributed by atoms with van der Waals surface area (Å²) in [6.45, 7) is 6.48. The monoisotopic (exact) mass is 411 g/mol. The first-order chi connectivity index (χ1) is 11.3. The summed E-state index contributed by atoms with van der Waals surface area (Å²) in [7, 11) is 0. The Morgan fingerprint density at radius 1 is 1.29 bits per heavy atom. The summed E-state index contributed by atoms with van der Waals surface area (Å²) in [5.74, 6) is -0.277. The fraction of sp³-hybridized carbons (Fsp3) is 0.294. The fourth-order valence-corrected chi connectivity index (χ4v) is 3.26. The van der Waals surface area contributed by atoms with Crippen molar-refractivity contribution in [2.45, 2.75) is 27.3 Å². The average Bonchev–Trinajstić information content (AvgIpc) is 2.49. The lowest BCUT2D eigenvalue weighted by atomic mass is 10.1. The number of anilines is 1. The molecule has 0 atom stereocenters. The van der Waals surface area contributed by atoms with Crippen LogP contribution in [0.2, 0.25) is 5.02 Å². The summed E-state index contributed by atoms with van der Waals surface area (Å²) in [6, 6.07) is 4.92. The van der Waals surface area contributed by atoms with Gasteiger partial charge in [-0.25, -0.2) is 0 Å². The minimum atomic E-state index is -0.277. The maximum absolute atomic E-state index is 12.5. The Kier molecular flexibility index (Phi) is 6.07. The maximum atomic E-state index is 12.5. The zero-order chi connectivity index (χ0) is 17.9. The second-order valence-corrected chi connectivity index (χ2v) is 6.68. The molecule has 0 fully saturated rings. The predicted octanol–water partition coefficient (Wildman–Crippen LogP) is 3.77. The number of halogens is 2. The Bertz CT molecular complexity index is 833. The molecule has 5 nitrogen and oxygen atoms in total. The smallest absolute Gasteiger partial charge is 0.251 e. The molecule has 24 heavy (non-hydrogen) atoms. The molecule has 2 rings (SSSR count). The Morgan fingerprint density at radius 2 is 2.00 bits per heavy atom. The molecule has 0 bridgehead atoms. The van der Waals surface area contributed by atoms with Crippen molar-refractivity contribution < 1.29 is 4.79 Å². The number of pyridine rings is 1. The molecule has 0 unspecified atom stereocenters. The third-order valence-corrected chi connectivity index (χ3v) is 4.52. The van der Waals surface area contributed by atoms with E-state index in [4.69, 9.17) is 11.6 Å². The number of carbonyl (C=O) groups excluding carboxylic acids is 1.